The number of aromatic nitrogens is 2. The van der Waals surface area contributed by atoms with Crippen LogP contribution < -0.4 is 5.32 Å². The van der Waals surface area contributed by atoms with Gasteiger partial charge >= 0.3 is 6.18 Å². The Balaban J connectivity index is 1.92. The van der Waals surface area contributed by atoms with Gasteiger partial charge in [0.2, 0.25) is 0 Å². The summed E-state index contributed by atoms with van der Waals surface area (Å²) in [4.78, 5) is 0. The summed E-state index contributed by atoms with van der Waals surface area (Å²) in [7, 11) is 1.48. The van der Waals surface area contributed by atoms with Crippen molar-refractivity contribution in [1.29, 1.82) is 0 Å². The highest BCUT2D eigenvalue weighted by Crippen LogP contribution is 2.30. The van der Waals surface area contributed by atoms with Crippen LogP contribution in [0.25, 0.3) is 0 Å². The highest BCUT2D eigenvalue weighted by molar-refractivity contribution is 5.19. The molecule has 1 fully saturated rings. The molecule has 0 bridgehead atoms. The Hall–Kier alpha value is -1.08. The van der Waals surface area contributed by atoms with E-state index in [1.807, 2.05) is 0 Å². The Labute approximate surface area is 103 Å². The average Bonchev–Trinajstić information content (AvgIpc) is 2.87. The lowest BCUT2D eigenvalue weighted by Crippen LogP contribution is -2.26. The fourth-order valence-corrected chi connectivity index (χ4v) is 2.08. The standard InChI is InChI=1S/C11H16F3N3O/c1-17-7-8(10(16-17)11(12,13)14)5-15-6-9-3-2-4-18-9/h7,9,15H,2-6H2,1H3/t9-/m1/s1. The van der Waals surface area contributed by atoms with Gasteiger partial charge in [-0.1, -0.05) is 0 Å². The summed E-state index contributed by atoms with van der Waals surface area (Å²) in [6, 6.07) is 0. The zero-order valence-corrected chi connectivity index (χ0v) is 10.1. The first-order valence-corrected chi connectivity index (χ1v) is 5.89. The van der Waals surface area contributed by atoms with Crippen LogP contribution >= 0.6 is 0 Å². The lowest BCUT2D eigenvalue weighted by molar-refractivity contribution is -0.142. The van der Waals surface area contributed by atoms with Gasteiger partial charge in [0, 0.05) is 38.5 Å². The number of halogens is 3. The van der Waals surface area contributed by atoms with Gasteiger partial charge in [0.1, 0.15) is 0 Å². The highest BCUT2D eigenvalue weighted by atomic mass is 19.4. The first kappa shape index (κ1) is 13.4. The first-order chi connectivity index (χ1) is 8.47. The molecule has 0 unspecified atom stereocenters. The summed E-state index contributed by atoms with van der Waals surface area (Å²) in [6.07, 6.45) is -0.900. The third-order valence-corrected chi connectivity index (χ3v) is 2.88. The molecular weight excluding hydrogens is 247 g/mol. The van der Waals surface area contributed by atoms with Crippen LogP contribution in [0.3, 0.4) is 0 Å². The van der Waals surface area contributed by atoms with Gasteiger partial charge in [-0.2, -0.15) is 18.3 Å². The van der Waals surface area contributed by atoms with Crippen molar-refractivity contribution in [3.8, 4) is 0 Å². The Morgan fingerprint density at radius 2 is 2.33 bits per heavy atom. The Morgan fingerprint density at radius 3 is 2.94 bits per heavy atom. The Kier molecular flexibility index (Phi) is 3.91. The van der Waals surface area contributed by atoms with Gasteiger partial charge in [-0.15, -0.1) is 0 Å². The highest BCUT2D eigenvalue weighted by Gasteiger charge is 2.36. The van der Waals surface area contributed by atoms with Crippen molar-refractivity contribution in [2.45, 2.75) is 31.7 Å². The number of alkyl halides is 3. The van der Waals surface area contributed by atoms with Crippen LogP contribution in [0.15, 0.2) is 6.20 Å². The SMILES string of the molecule is Cn1cc(CNC[C@H]2CCCO2)c(C(F)(F)F)n1. The number of aryl methyl sites for hydroxylation is 1. The predicted molar refractivity (Wildman–Crippen MR) is 58.9 cm³/mol. The van der Waals surface area contributed by atoms with Gasteiger partial charge < -0.3 is 10.1 Å². The smallest absolute Gasteiger partial charge is 0.377 e. The van der Waals surface area contributed by atoms with Crippen LogP contribution in [0.4, 0.5) is 13.2 Å². The van der Waals surface area contributed by atoms with E-state index >= 15 is 0 Å². The van der Waals surface area contributed by atoms with Gasteiger partial charge in [0.25, 0.3) is 0 Å². The Bertz CT molecular complexity index is 397. The molecule has 2 heterocycles. The van der Waals surface area contributed by atoms with Crippen LogP contribution in [0.2, 0.25) is 0 Å². The number of nitrogens with one attached hydrogen (secondary N) is 1. The van der Waals surface area contributed by atoms with Crippen molar-refractivity contribution >= 4 is 0 Å². The predicted octanol–water partition coefficient (Wildman–Crippen LogP) is 1.71. The molecule has 1 aromatic rings. The van der Waals surface area contributed by atoms with E-state index in [-0.39, 0.29) is 18.2 Å². The van der Waals surface area contributed by atoms with Crippen LogP contribution in [0, 0.1) is 0 Å². The second kappa shape index (κ2) is 5.27. The summed E-state index contributed by atoms with van der Waals surface area (Å²) in [5, 5.41) is 6.44. The van der Waals surface area contributed by atoms with E-state index in [0.29, 0.717) is 6.54 Å². The number of rotatable bonds is 4. The maximum absolute atomic E-state index is 12.7. The normalized spacial score (nSPS) is 20.6. The minimum absolute atomic E-state index is 0.121. The van der Waals surface area contributed by atoms with Crippen LogP contribution in [0.5, 0.6) is 0 Å². The third-order valence-electron chi connectivity index (χ3n) is 2.88. The van der Waals surface area contributed by atoms with Gasteiger partial charge in [0.15, 0.2) is 5.69 Å². The molecule has 2 rings (SSSR count). The van der Waals surface area contributed by atoms with Crippen molar-refractivity contribution in [3.63, 3.8) is 0 Å². The minimum Gasteiger partial charge on any atom is -0.377 e. The topological polar surface area (TPSA) is 39.1 Å². The molecule has 1 aliphatic rings. The zero-order valence-electron chi connectivity index (χ0n) is 10.1. The second-order valence-electron chi connectivity index (χ2n) is 4.44. The van der Waals surface area contributed by atoms with E-state index in [9.17, 15) is 13.2 Å². The van der Waals surface area contributed by atoms with Gasteiger partial charge in [-0.05, 0) is 12.8 Å². The van der Waals surface area contributed by atoms with Gasteiger partial charge in [0.05, 0.1) is 6.10 Å². The molecule has 1 N–H and O–H groups in total. The molecule has 0 amide bonds. The van der Waals surface area contributed by atoms with Crippen molar-refractivity contribution in [2.24, 2.45) is 7.05 Å². The molecule has 0 radical (unpaired) electrons. The van der Waals surface area contributed by atoms with E-state index in [1.165, 1.54) is 17.9 Å². The van der Waals surface area contributed by atoms with E-state index in [0.717, 1.165) is 19.4 Å². The molecule has 0 spiro atoms. The van der Waals surface area contributed by atoms with Crippen molar-refractivity contribution < 1.29 is 17.9 Å². The van der Waals surface area contributed by atoms with Crippen LogP contribution in [-0.4, -0.2) is 29.0 Å². The van der Waals surface area contributed by atoms with Crippen LogP contribution in [-0.2, 0) is 24.5 Å². The third kappa shape index (κ3) is 3.23. The summed E-state index contributed by atoms with van der Waals surface area (Å²) in [5.41, 5.74) is -0.646. The fourth-order valence-electron chi connectivity index (χ4n) is 2.08. The average molecular weight is 263 g/mol. The monoisotopic (exact) mass is 263 g/mol. The fraction of sp³-hybridized carbons (Fsp3) is 0.727. The van der Waals surface area contributed by atoms with E-state index in [1.54, 1.807) is 0 Å². The summed E-state index contributed by atoms with van der Waals surface area (Å²) in [6.45, 7) is 1.47. The molecular formula is C11H16F3N3O. The summed E-state index contributed by atoms with van der Waals surface area (Å²) < 4.78 is 44.6. The van der Waals surface area contributed by atoms with E-state index < -0.39 is 11.9 Å². The Morgan fingerprint density at radius 1 is 1.56 bits per heavy atom. The molecule has 18 heavy (non-hydrogen) atoms. The van der Waals surface area contributed by atoms with Crippen molar-refractivity contribution in [2.75, 3.05) is 13.2 Å². The second-order valence-corrected chi connectivity index (χ2v) is 4.44. The molecule has 4 nitrogen and oxygen atoms in total. The quantitative estimate of drug-likeness (QED) is 0.898. The molecule has 1 aromatic heterocycles. The number of hydrogen-bond acceptors (Lipinski definition) is 3. The number of nitrogens with zero attached hydrogens (tertiary/aromatic N) is 2. The van der Waals surface area contributed by atoms with E-state index in [2.05, 4.69) is 10.4 Å². The maximum atomic E-state index is 12.7. The van der Waals surface area contributed by atoms with Crippen LogP contribution in [0.1, 0.15) is 24.1 Å². The lowest BCUT2D eigenvalue weighted by atomic mass is 10.2. The number of ether oxygens (including phenoxy) is 1. The molecule has 0 saturated carbocycles. The molecule has 1 aliphatic heterocycles. The van der Waals surface area contributed by atoms with Crippen molar-refractivity contribution in [3.05, 3.63) is 17.5 Å². The lowest BCUT2D eigenvalue weighted by Gasteiger charge is -2.11. The number of hydrogen-bond donors (Lipinski definition) is 1. The van der Waals surface area contributed by atoms with Gasteiger partial charge in [-0.3, -0.25) is 4.68 Å². The largest absolute Gasteiger partial charge is 0.435 e. The van der Waals surface area contributed by atoms with E-state index in [4.69, 9.17) is 4.74 Å². The maximum Gasteiger partial charge on any atom is 0.435 e. The molecule has 0 aliphatic carbocycles. The zero-order chi connectivity index (χ0) is 13.2. The van der Waals surface area contributed by atoms with Crippen molar-refractivity contribution in [1.82, 2.24) is 15.1 Å². The molecule has 1 atom stereocenters. The molecule has 7 heteroatoms. The molecule has 0 aromatic carbocycles. The minimum atomic E-state index is -4.40. The first-order valence-electron chi connectivity index (χ1n) is 5.89. The molecule has 102 valence electrons. The summed E-state index contributed by atoms with van der Waals surface area (Å²) in [5.74, 6) is 0. The van der Waals surface area contributed by atoms with Gasteiger partial charge in [-0.25, -0.2) is 0 Å². The molecule has 1 saturated heterocycles. The summed E-state index contributed by atoms with van der Waals surface area (Å²) >= 11 is 0.